The number of nitrogens with one attached hydrogen (secondary N) is 1. The smallest absolute Gasteiger partial charge is 0.251 e. The summed E-state index contributed by atoms with van der Waals surface area (Å²) in [6.45, 7) is 4.42. The van der Waals surface area contributed by atoms with Gasteiger partial charge in [-0.25, -0.2) is 12.7 Å². The van der Waals surface area contributed by atoms with Crippen molar-refractivity contribution in [3.8, 4) is 11.5 Å². The van der Waals surface area contributed by atoms with Gasteiger partial charge in [0.1, 0.15) is 4.90 Å². The van der Waals surface area contributed by atoms with Crippen LogP contribution in [0, 0.1) is 0 Å². The summed E-state index contributed by atoms with van der Waals surface area (Å²) in [6.07, 6.45) is 0.879. The summed E-state index contributed by atoms with van der Waals surface area (Å²) in [4.78, 5) is 12.6. The quantitative estimate of drug-likeness (QED) is 0.621. The Morgan fingerprint density at radius 2 is 1.87 bits per heavy atom. The van der Waals surface area contributed by atoms with E-state index in [0.29, 0.717) is 18.1 Å². The molecule has 0 saturated carbocycles. The van der Waals surface area contributed by atoms with E-state index in [1.807, 2.05) is 19.9 Å². The maximum Gasteiger partial charge on any atom is 0.251 e. The first-order valence-electron chi connectivity index (χ1n) is 9.45. The van der Waals surface area contributed by atoms with Gasteiger partial charge in [-0.3, -0.25) is 4.79 Å². The predicted molar refractivity (Wildman–Crippen MR) is 117 cm³/mol. The Balaban J connectivity index is 2.24. The number of amides is 1. The minimum absolute atomic E-state index is 0.0562. The first-order chi connectivity index (χ1) is 14.1. The van der Waals surface area contributed by atoms with Gasteiger partial charge in [-0.15, -0.1) is 0 Å². The number of hydrogen-bond donors (Lipinski definition) is 1. The van der Waals surface area contributed by atoms with Gasteiger partial charge in [-0.05, 0) is 49.2 Å². The van der Waals surface area contributed by atoms with Gasteiger partial charge in [0.25, 0.3) is 5.91 Å². The standard InChI is InChI=1S/C21H27ClN2O5S/c1-6-11-29-18-10-8-15(12-19(18)28-5)14(2)23-21(25)16-7-9-17(22)20(13-16)30(26,27)24(3)4/h7-10,12-14H,6,11H2,1-5H3,(H,23,25). The Labute approximate surface area is 183 Å². The number of benzene rings is 2. The van der Waals surface area contributed by atoms with Crippen LogP contribution in [0.5, 0.6) is 11.5 Å². The molecular formula is C21H27ClN2O5S. The predicted octanol–water partition coefficient (Wildman–Crippen LogP) is 3.88. The minimum Gasteiger partial charge on any atom is -0.493 e. The van der Waals surface area contributed by atoms with E-state index in [-0.39, 0.29) is 21.5 Å². The van der Waals surface area contributed by atoms with Crippen molar-refractivity contribution in [2.24, 2.45) is 0 Å². The molecule has 0 aliphatic carbocycles. The molecule has 0 radical (unpaired) electrons. The van der Waals surface area contributed by atoms with Crippen LogP contribution in [-0.2, 0) is 10.0 Å². The molecule has 164 valence electrons. The minimum atomic E-state index is -3.77. The first-order valence-corrected chi connectivity index (χ1v) is 11.3. The molecule has 0 saturated heterocycles. The number of methoxy groups -OCH3 is 1. The summed E-state index contributed by atoms with van der Waals surface area (Å²) in [5.74, 6) is 0.797. The highest BCUT2D eigenvalue weighted by molar-refractivity contribution is 7.89. The number of carbonyl (C=O) groups is 1. The van der Waals surface area contributed by atoms with Crippen LogP contribution in [0.4, 0.5) is 0 Å². The third-order valence-corrected chi connectivity index (χ3v) is 6.75. The number of nitrogens with zero attached hydrogens (tertiary/aromatic N) is 1. The molecule has 1 unspecified atom stereocenters. The largest absolute Gasteiger partial charge is 0.493 e. The molecule has 0 aromatic heterocycles. The fourth-order valence-corrected chi connectivity index (χ4v) is 4.08. The summed E-state index contributed by atoms with van der Waals surface area (Å²) >= 11 is 6.05. The first kappa shape index (κ1) is 24.0. The SMILES string of the molecule is CCCOc1ccc(C(C)NC(=O)c2ccc(Cl)c(S(=O)(=O)N(C)C)c2)cc1OC. The average molecular weight is 455 g/mol. The molecular weight excluding hydrogens is 428 g/mol. The van der Waals surface area contributed by atoms with Crippen molar-refractivity contribution in [3.05, 3.63) is 52.5 Å². The van der Waals surface area contributed by atoms with Crippen LogP contribution in [0.1, 0.15) is 42.2 Å². The second-order valence-electron chi connectivity index (χ2n) is 6.89. The maximum atomic E-state index is 12.7. The molecule has 2 aromatic carbocycles. The van der Waals surface area contributed by atoms with E-state index in [1.54, 1.807) is 19.2 Å². The summed E-state index contributed by atoms with van der Waals surface area (Å²) in [5, 5.41) is 2.92. The van der Waals surface area contributed by atoms with E-state index in [9.17, 15) is 13.2 Å². The molecule has 0 spiro atoms. The molecule has 0 fully saturated rings. The van der Waals surface area contributed by atoms with Crippen molar-refractivity contribution in [2.75, 3.05) is 27.8 Å². The number of hydrogen-bond acceptors (Lipinski definition) is 5. The van der Waals surface area contributed by atoms with E-state index in [2.05, 4.69) is 5.32 Å². The number of halogens is 1. The van der Waals surface area contributed by atoms with Crippen LogP contribution in [0.3, 0.4) is 0 Å². The Morgan fingerprint density at radius 1 is 1.17 bits per heavy atom. The Kier molecular flexibility index (Phi) is 8.11. The molecule has 2 aromatic rings. The molecule has 1 atom stereocenters. The van der Waals surface area contributed by atoms with Gasteiger partial charge in [0, 0.05) is 19.7 Å². The fourth-order valence-electron chi connectivity index (χ4n) is 2.69. The van der Waals surface area contributed by atoms with Gasteiger partial charge in [0.2, 0.25) is 10.0 Å². The van der Waals surface area contributed by atoms with Crippen molar-refractivity contribution in [3.63, 3.8) is 0 Å². The van der Waals surface area contributed by atoms with E-state index in [1.165, 1.54) is 32.3 Å². The summed E-state index contributed by atoms with van der Waals surface area (Å²) in [6, 6.07) is 9.28. The topological polar surface area (TPSA) is 84.9 Å². The zero-order valence-corrected chi connectivity index (χ0v) is 19.3. The number of rotatable bonds is 9. The molecule has 0 heterocycles. The van der Waals surface area contributed by atoms with Gasteiger partial charge in [0.05, 0.1) is 24.8 Å². The molecule has 1 N–H and O–H groups in total. The summed E-state index contributed by atoms with van der Waals surface area (Å²) in [5.41, 5.74) is 1.01. The molecule has 0 aliphatic rings. The highest BCUT2D eigenvalue weighted by Gasteiger charge is 2.23. The lowest BCUT2D eigenvalue weighted by atomic mass is 10.1. The fraction of sp³-hybridized carbons (Fsp3) is 0.381. The van der Waals surface area contributed by atoms with E-state index in [0.717, 1.165) is 16.3 Å². The lowest BCUT2D eigenvalue weighted by Crippen LogP contribution is -2.27. The van der Waals surface area contributed by atoms with E-state index in [4.69, 9.17) is 21.1 Å². The normalized spacial score (nSPS) is 12.5. The van der Waals surface area contributed by atoms with Gasteiger partial charge < -0.3 is 14.8 Å². The highest BCUT2D eigenvalue weighted by atomic mass is 35.5. The molecule has 2 rings (SSSR count). The summed E-state index contributed by atoms with van der Waals surface area (Å²) in [7, 11) is 0.591. The Morgan fingerprint density at radius 3 is 2.47 bits per heavy atom. The number of ether oxygens (including phenoxy) is 2. The monoisotopic (exact) mass is 454 g/mol. The van der Waals surface area contributed by atoms with Crippen molar-refractivity contribution in [1.82, 2.24) is 9.62 Å². The molecule has 9 heteroatoms. The van der Waals surface area contributed by atoms with E-state index < -0.39 is 15.9 Å². The van der Waals surface area contributed by atoms with Crippen LogP contribution in [-0.4, -0.2) is 46.4 Å². The third kappa shape index (κ3) is 5.44. The number of carbonyl (C=O) groups excluding carboxylic acids is 1. The zero-order chi connectivity index (χ0) is 22.5. The molecule has 1 amide bonds. The van der Waals surface area contributed by atoms with E-state index >= 15 is 0 Å². The number of sulfonamides is 1. The van der Waals surface area contributed by atoms with Crippen LogP contribution in [0.2, 0.25) is 5.02 Å². The average Bonchev–Trinajstić information content (AvgIpc) is 2.71. The summed E-state index contributed by atoms with van der Waals surface area (Å²) < 4.78 is 37.0. The lowest BCUT2D eigenvalue weighted by molar-refractivity contribution is 0.0939. The maximum absolute atomic E-state index is 12.7. The van der Waals surface area contributed by atoms with Crippen molar-refractivity contribution < 1.29 is 22.7 Å². The second-order valence-corrected chi connectivity index (χ2v) is 9.41. The highest BCUT2D eigenvalue weighted by Crippen LogP contribution is 2.31. The lowest BCUT2D eigenvalue weighted by Gasteiger charge is -2.18. The molecule has 30 heavy (non-hydrogen) atoms. The van der Waals surface area contributed by atoms with Crippen LogP contribution in [0.15, 0.2) is 41.3 Å². The Hall–Kier alpha value is -2.29. The van der Waals surface area contributed by atoms with Crippen molar-refractivity contribution >= 4 is 27.5 Å². The van der Waals surface area contributed by atoms with Gasteiger partial charge in [0.15, 0.2) is 11.5 Å². The zero-order valence-electron chi connectivity index (χ0n) is 17.7. The second kappa shape index (κ2) is 10.1. The third-order valence-electron chi connectivity index (χ3n) is 4.45. The van der Waals surface area contributed by atoms with Crippen LogP contribution >= 0.6 is 11.6 Å². The van der Waals surface area contributed by atoms with Crippen molar-refractivity contribution in [1.29, 1.82) is 0 Å². The molecule has 7 nitrogen and oxygen atoms in total. The van der Waals surface area contributed by atoms with Gasteiger partial charge >= 0.3 is 0 Å². The van der Waals surface area contributed by atoms with Gasteiger partial charge in [-0.2, -0.15) is 0 Å². The van der Waals surface area contributed by atoms with Crippen LogP contribution in [0.25, 0.3) is 0 Å². The van der Waals surface area contributed by atoms with Crippen LogP contribution < -0.4 is 14.8 Å². The van der Waals surface area contributed by atoms with Crippen molar-refractivity contribution in [2.45, 2.75) is 31.2 Å². The Bertz CT molecular complexity index is 1010. The molecule has 0 bridgehead atoms. The molecule has 0 aliphatic heterocycles. The van der Waals surface area contributed by atoms with Gasteiger partial charge in [-0.1, -0.05) is 24.6 Å².